The SMILES string of the molecule is CCN(CC)c1ccc(NC(=O)c2cc(-c3ccc(C)cc3)n([C@H]3CCS(=O)(=O)C3)n2)cc1. The normalized spacial score (nSPS) is 17.1. The van der Waals surface area contributed by atoms with E-state index in [0.29, 0.717) is 12.1 Å². The molecule has 0 unspecified atom stereocenters. The first-order chi connectivity index (χ1) is 15.8. The predicted octanol–water partition coefficient (Wildman–Crippen LogP) is 4.32. The molecule has 0 spiro atoms. The third-order valence-electron chi connectivity index (χ3n) is 6.12. The molecular formula is C25H30N4O3S. The number of amides is 1. The summed E-state index contributed by atoms with van der Waals surface area (Å²) in [5, 5.41) is 7.47. The summed E-state index contributed by atoms with van der Waals surface area (Å²) >= 11 is 0. The molecule has 33 heavy (non-hydrogen) atoms. The average molecular weight is 467 g/mol. The molecular weight excluding hydrogens is 436 g/mol. The van der Waals surface area contributed by atoms with E-state index >= 15 is 0 Å². The second-order valence-electron chi connectivity index (χ2n) is 8.46. The largest absolute Gasteiger partial charge is 0.372 e. The molecule has 0 bridgehead atoms. The third-order valence-corrected chi connectivity index (χ3v) is 7.87. The highest BCUT2D eigenvalue weighted by atomic mass is 32.2. The number of aryl methyl sites for hydroxylation is 1. The highest BCUT2D eigenvalue weighted by Crippen LogP contribution is 2.30. The number of aromatic nitrogens is 2. The number of rotatable bonds is 7. The number of hydrogen-bond acceptors (Lipinski definition) is 5. The van der Waals surface area contributed by atoms with Crippen LogP contribution in [0.1, 0.15) is 42.4 Å². The summed E-state index contributed by atoms with van der Waals surface area (Å²) in [6, 6.07) is 17.1. The van der Waals surface area contributed by atoms with Crippen LogP contribution in [-0.4, -0.2) is 48.7 Å². The van der Waals surface area contributed by atoms with Crippen LogP contribution in [0.15, 0.2) is 54.6 Å². The van der Waals surface area contributed by atoms with E-state index in [4.69, 9.17) is 0 Å². The lowest BCUT2D eigenvalue weighted by molar-refractivity contribution is 0.102. The predicted molar refractivity (Wildman–Crippen MR) is 133 cm³/mol. The van der Waals surface area contributed by atoms with Gasteiger partial charge < -0.3 is 10.2 Å². The summed E-state index contributed by atoms with van der Waals surface area (Å²) in [6.45, 7) is 8.05. The van der Waals surface area contributed by atoms with Gasteiger partial charge in [-0.25, -0.2) is 8.42 Å². The average Bonchev–Trinajstić information content (AvgIpc) is 3.40. The maximum absolute atomic E-state index is 13.0. The van der Waals surface area contributed by atoms with Crippen molar-refractivity contribution in [2.45, 2.75) is 33.2 Å². The highest BCUT2D eigenvalue weighted by Gasteiger charge is 2.32. The summed E-state index contributed by atoms with van der Waals surface area (Å²) in [7, 11) is -3.09. The van der Waals surface area contributed by atoms with Gasteiger partial charge in [-0.1, -0.05) is 29.8 Å². The van der Waals surface area contributed by atoms with Gasteiger partial charge in [-0.05, 0) is 63.1 Å². The zero-order valence-corrected chi connectivity index (χ0v) is 20.1. The van der Waals surface area contributed by atoms with Crippen molar-refractivity contribution < 1.29 is 13.2 Å². The van der Waals surface area contributed by atoms with E-state index in [2.05, 4.69) is 29.2 Å². The molecule has 8 heteroatoms. The van der Waals surface area contributed by atoms with Crippen LogP contribution in [0.25, 0.3) is 11.3 Å². The minimum atomic E-state index is -3.09. The number of nitrogens with one attached hydrogen (secondary N) is 1. The van der Waals surface area contributed by atoms with Crippen LogP contribution in [0.3, 0.4) is 0 Å². The summed E-state index contributed by atoms with van der Waals surface area (Å²) in [5.74, 6) is -0.134. The molecule has 2 aromatic carbocycles. The fourth-order valence-electron chi connectivity index (χ4n) is 4.23. The number of sulfone groups is 1. The van der Waals surface area contributed by atoms with Gasteiger partial charge in [-0.3, -0.25) is 9.48 Å². The Labute approximate surface area is 195 Å². The van der Waals surface area contributed by atoms with Crippen molar-refractivity contribution in [2.75, 3.05) is 34.8 Å². The second-order valence-corrected chi connectivity index (χ2v) is 10.7. The monoisotopic (exact) mass is 466 g/mol. The smallest absolute Gasteiger partial charge is 0.276 e. The molecule has 1 atom stereocenters. The van der Waals surface area contributed by atoms with Crippen LogP contribution in [0.5, 0.6) is 0 Å². The van der Waals surface area contributed by atoms with Crippen LogP contribution < -0.4 is 10.2 Å². The van der Waals surface area contributed by atoms with E-state index < -0.39 is 9.84 Å². The van der Waals surface area contributed by atoms with E-state index in [1.165, 1.54) is 0 Å². The zero-order chi connectivity index (χ0) is 23.6. The number of benzene rings is 2. The Morgan fingerprint density at radius 2 is 1.76 bits per heavy atom. The van der Waals surface area contributed by atoms with Gasteiger partial charge in [0, 0.05) is 24.5 Å². The summed E-state index contributed by atoms with van der Waals surface area (Å²) in [5.41, 5.74) is 4.83. The highest BCUT2D eigenvalue weighted by molar-refractivity contribution is 7.91. The number of carbonyl (C=O) groups excluding carboxylic acids is 1. The molecule has 2 heterocycles. The van der Waals surface area contributed by atoms with Crippen LogP contribution >= 0.6 is 0 Å². The van der Waals surface area contributed by atoms with Crippen molar-refractivity contribution in [3.8, 4) is 11.3 Å². The molecule has 0 radical (unpaired) electrons. The molecule has 0 aliphatic carbocycles. The van der Waals surface area contributed by atoms with Crippen LogP contribution in [0.4, 0.5) is 11.4 Å². The van der Waals surface area contributed by atoms with Crippen molar-refractivity contribution in [2.24, 2.45) is 0 Å². The zero-order valence-electron chi connectivity index (χ0n) is 19.3. The van der Waals surface area contributed by atoms with Gasteiger partial charge in [-0.2, -0.15) is 5.10 Å². The Bertz CT molecular complexity index is 1230. The fourth-order valence-corrected chi connectivity index (χ4v) is 5.92. The van der Waals surface area contributed by atoms with Crippen molar-refractivity contribution in [1.29, 1.82) is 0 Å². The standard InChI is InChI=1S/C25H30N4O3S/c1-4-28(5-2)21-12-10-20(11-13-21)26-25(30)23-16-24(19-8-6-18(3)7-9-19)29(27-23)22-14-15-33(31,32)17-22/h6-13,16,22H,4-5,14-15,17H2,1-3H3,(H,26,30)/t22-/m0/s1. The topological polar surface area (TPSA) is 84.3 Å². The molecule has 4 rings (SSSR count). The first kappa shape index (κ1) is 23.0. The molecule has 1 saturated heterocycles. The molecule has 0 saturated carbocycles. The number of hydrogen-bond donors (Lipinski definition) is 1. The molecule has 1 amide bonds. The molecule has 7 nitrogen and oxygen atoms in total. The van der Waals surface area contributed by atoms with Gasteiger partial charge in [-0.15, -0.1) is 0 Å². The number of anilines is 2. The quantitative estimate of drug-likeness (QED) is 0.561. The lowest BCUT2D eigenvalue weighted by atomic mass is 10.1. The van der Waals surface area contributed by atoms with Crippen molar-refractivity contribution in [3.05, 3.63) is 65.9 Å². The van der Waals surface area contributed by atoms with Crippen LogP contribution in [0, 0.1) is 6.92 Å². The first-order valence-electron chi connectivity index (χ1n) is 11.3. The van der Waals surface area contributed by atoms with E-state index in [1.54, 1.807) is 10.7 Å². The number of nitrogens with zero attached hydrogens (tertiary/aromatic N) is 3. The van der Waals surface area contributed by atoms with Gasteiger partial charge >= 0.3 is 0 Å². The second kappa shape index (κ2) is 9.39. The summed E-state index contributed by atoms with van der Waals surface area (Å²) in [6.07, 6.45) is 0.497. The van der Waals surface area contributed by atoms with Gasteiger partial charge in [0.05, 0.1) is 23.2 Å². The van der Waals surface area contributed by atoms with Gasteiger partial charge in [0.15, 0.2) is 15.5 Å². The number of carbonyl (C=O) groups is 1. The molecule has 1 N–H and O–H groups in total. The molecule has 1 aliphatic heterocycles. The summed E-state index contributed by atoms with van der Waals surface area (Å²) in [4.78, 5) is 15.3. The van der Waals surface area contributed by atoms with Crippen molar-refractivity contribution in [1.82, 2.24) is 9.78 Å². The van der Waals surface area contributed by atoms with E-state index in [-0.39, 0.29) is 29.1 Å². The maximum atomic E-state index is 13.0. The van der Waals surface area contributed by atoms with E-state index in [1.807, 2.05) is 55.5 Å². The molecule has 1 fully saturated rings. The van der Waals surface area contributed by atoms with Crippen molar-refractivity contribution in [3.63, 3.8) is 0 Å². The fraction of sp³-hybridized carbons (Fsp3) is 0.360. The molecule has 1 aliphatic rings. The Kier molecular flexibility index (Phi) is 6.56. The summed E-state index contributed by atoms with van der Waals surface area (Å²) < 4.78 is 25.9. The minimum Gasteiger partial charge on any atom is -0.372 e. The Hall–Kier alpha value is -3.13. The van der Waals surface area contributed by atoms with Gasteiger partial charge in [0.1, 0.15) is 0 Å². The van der Waals surface area contributed by atoms with Crippen LogP contribution in [0.2, 0.25) is 0 Å². The molecule has 1 aromatic heterocycles. The van der Waals surface area contributed by atoms with Gasteiger partial charge in [0.25, 0.3) is 5.91 Å². The van der Waals surface area contributed by atoms with E-state index in [9.17, 15) is 13.2 Å². The van der Waals surface area contributed by atoms with Crippen molar-refractivity contribution >= 4 is 27.1 Å². The Morgan fingerprint density at radius 3 is 2.33 bits per heavy atom. The van der Waals surface area contributed by atoms with Crippen LogP contribution in [-0.2, 0) is 9.84 Å². The lowest BCUT2D eigenvalue weighted by Crippen LogP contribution is -2.21. The minimum absolute atomic E-state index is 0.0431. The van der Waals surface area contributed by atoms with E-state index in [0.717, 1.165) is 35.6 Å². The molecule has 174 valence electrons. The lowest BCUT2D eigenvalue weighted by Gasteiger charge is -2.21. The maximum Gasteiger partial charge on any atom is 0.276 e. The third kappa shape index (κ3) is 5.11. The van der Waals surface area contributed by atoms with Gasteiger partial charge in [0.2, 0.25) is 0 Å². The Balaban J connectivity index is 1.61. The first-order valence-corrected chi connectivity index (χ1v) is 13.1. The Morgan fingerprint density at radius 1 is 1.09 bits per heavy atom. The molecule has 3 aromatic rings.